The lowest BCUT2D eigenvalue weighted by Crippen LogP contribution is -2.22. The highest BCUT2D eigenvalue weighted by Crippen LogP contribution is 2.27. The molecule has 1 N–H and O–H groups in total. The molecular formula is C15H23N3. The highest BCUT2D eigenvalue weighted by atomic mass is 15.3. The maximum absolute atomic E-state index is 4.75. The molecule has 2 aliphatic rings. The monoisotopic (exact) mass is 245 g/mol. The molecule has 1 aromatic rings. The van der Waals surface area contributed by atoms with Gasteiger partial charge in [0, 0.05) is 6.20 Å². The van der Waals surface area contributed by atoms with Gasteiger partial charge in [-0.25, -0.2) is 0 Å². The molecular weight excluding hydrogens is 222 g/mol. The topological polar surface area (TPSA) is 29.9 Å². The van der Waals surface area contributed by atoms with Gasteiger partial charge >= 0.3 is 0 Å². The molecule has 1 aliphatic carbocycles. The minimum atomic E-state index is 0.652. The third-order valence-electron chi connectivity index (χ3n) is 4.18. The number of aromatic nitrogens is 2. The van der Waals surface area contributed by atoms with E-state index in [1.54, 1.807) is 5.57 Å². The third kappa shape index (κ3) is 2.83. The molecule has 3 heteroatoms. The third-order valence-corrected chi connectivity index (χ3v) is 4.18. The number of nitrogens with one attached hydrogen (secondary N) is 1. The Balaban J connectivity index is 1.68. The van der Waals surface area contributed by atoms with Gasteiger partial charge in [-0.05, 0) is 50.9 Å². The first-order valence-corrected chi connectivity index (χ1v) is 7.37. The van der Waals surface area contributed by atoms with E-state index < -0.39 is 0 Å². The van der Waals surface area contributed by atoms with Gasteiger partial charge in [0.15, 0.2) is 0 Å². The summed E-state index contributed by atoms with van der Waals surface area (Å²) in [4.78, 5) is 0. The van der Waals surface area contributed by atoms with Crippen molar-refractivity contribution in [2.45, 2.75) is 51.0 Å². The van der Waals surface area contributed by atoms with Crippen LogP contribution in [-0.2, 0) is 0 Å². The van der Waals surface area contributed by atoms with Gasteiger partial charge in [0.1, 0.15) is 0 Å². The highest BCUT2D eigenvalue weighted by Gasteiger charge is 2.15. The van der Waals surface area contributed by atoms with Crippen molar-refractivity contribution in [3.8, 4) is 0 Å². The van der Waals surface area contributed by atoms with Gasteiger partial charge in [-0.15, -0.1) is 0 Å². The summed E-state index contributed by atoms with van der Waals surface area (Å²) in [6.45, 7) is 2.24. The summed E-state index contributed by atoms with van der Waals surface area (Å²) in [6, 6.07) is 2.82. The van der Waals surface area contributed by atoms with E-state index >= 15 is 0 Å². The van der Waals surface area contributed by atoms with E-state index in [1.807, 2.05) is 0 Å². The summed E-state index contributed by atoms with van der Waals surface area (Å²) in [7, 11) is 0. The molecule has 1 saturated carbocycles. The predicted octanol–water partition coefficient (Wildman–Crippen LogP) is 3.16. The quantitative estimate of drug-likeness (QED) is 0.867. The smallest absolute Gasteiger partial charge is 0.0850 e. The van der Waals surface area contributed by atoms with Crippen LogP contribution in [0, 0.1) is 0 Å². The zero-order chi connectivity index (χ0) is 12.2. The molecule has 3 nitrogen and oxygen atoms in total. The Morgan fingerprint density at radius 3 is 2.72 bits per heavy atom. The largest absolute Gasteiger partial charge is 0.316 e. The van der Waals surface area contributed by atoms with Gasteiger partial charge in [0.25, 0.3) is 0 Å². The second-order valence-corrected chi connectivity index (χ2v) is 5.57. The van der Waals surface area contributed by atoms with E-state index in [2.05, 4.69) is 28.3 Å². The first-order chi connectivity index (χ1) is 8.92. The van der Waals surface area contributed by atoms with Crippen molar-refractivity contribution in [1.82, 2.24) is 15.1 Å². The summed E-state index contributed by atoms with van der Waals surface area (Å²) in [5.74, 6) is 0. The van der Waals surface area contributed by atoms with Crippen LogP contribution in [0.5, 0.6) is 0 Å². The van der Waals surface area contributed by atoms with E-state index in [9.17, 15) is 0 Å². The van der Waals surface area contributed by atoms with Gasteiger partial charge in [-0.3, -0.25) is 4.68 Å². The van der Waals surface area contributed by atoms with Crippen LogP contribution >= 0.6 is 0 Å². The first kappa shape index (κ1) is 12.0. The van der Waals surface area contributed by atoms with Crippen molar-refractivity contribution in [2.75, 3.05) is 13.1 Å². The fraction of sp³-hybridized carbons (Fsp3) is 0.667. The number of hydrogen-bond acceptors (Lipinski definition) is 2. The number of hydrogen-bond donors (Lipinski definition) is 1. The van der Waals surface area contributed by atoms with Gasteiger partial charge in [-0.1, -0.05) is 24.8 Å². The van der Waals surface area contributed by atoms with Crippen LogP contribution in [0.3, 0.4) is 0 Å². The van der Waals surface area contributed by atoms with Crippen LogP contribution in [0.15, 0.2) is 17.8 Å². The maximum atomic E-state index is 4.75. The lowest BCUT2D eigenvalue weighted by molar-refractivity contribution is 0.329. The number of piperidine rings is 1. The summed E-state index contributed by atoms with van der Waals surface area (Å²) >= 11 is 0. The average Bonchev–Trinajstić information content (AvgIpc) is 2.89. The zero-order valence-corrected chi connectivity index (χ0v) is 11.1. The van der Waals surface area contributed by atoms with E-state index in [0.29, 0.717) is 6.04 Å². The molecule has 1 aliphatic heterocycles. The van der Waals surface area contributed by atoms with Crippen molar-refractivity contribution < 1.29 is 0 Å². The minimum Gasteiger partial charge on any atom is -0.316 e. The SMILES string of the molecule is C(=C1CCNCC1)c1ccn(C2CCCCC2)n1. The summed E-state index contributed by atoms with van der Waals surface area (Å²) in [5.41, 5.74) is 2.69. The standard InChI is InChI=1S/C15H23N3/c1-2-4-15(5-3-1)18-11-8-14(17-18)12-13-6-9-16-10-7-13/h8,11-12,15-16H,1-7,9-10H2. The molecule has 2 heterocycles. The molecule has 3 rings (SSSR count). The summed E-state index contributed by atoms with van der Waals surface area (Å²) in [6.07, 6.45) is 13.6. The highest BCUT2D eigenvalue weighted by molar-refractivity contribution is 5.48. The molecule has 2 fully saturated rings. The maximum Gasteiger partial charge on any atom is 0.0850 e. The summed E-state index contributed by atoms with van der Waals surface area (Å²) in [5, 5.41) is 8.14. The molecule has 0 bridgehead atoms. The Morgan fingerprint density at radius 2 is 1.94 bits per heavy atom. The van der Waals surface area contributed by atoms with Crippen LogP contribution < -0.4 is 5.32 Å². The molecule has 1 saturated heterocycles. The van der Waals surface area contributed by atoms with Crippen LogP contribution in [-0.4, -0.2) is 22.9 Å². The lowest BCUT2D eigenvalue weighted by Gasteiger charge is -2.21. The summed E-state index contributed by atoms with van der Waals surface area (Å²) < 4.78 is 2.20. The van der Waals surface area contributed by atoms with E-state index in [1.165, 1.54) is 44.9 Å². The number of nitrogens with zero attached hydrogens (tertiary/aromatic N) is 2. The van der Waals surface area contributed by atoms with Crippen LogP contribution in [0.1, 0.15) is 56.7 Å². The van der Waals surface area contributed by atoms with Crippen LogP contribution in [0.2, 0.25) is 0 Å². The minimum absolute atomic E-state index is 0.652. The Morgan fingerprint density at radius 1 is 1.17 bits per heavy atom. The van der Waals surface area contributed by atoms with Crippen molar-refractivity contribution in [2.24, 2.45) is 0 Å². The molecule has 0 spiro atoms. The second kappa shape index (κ2) is 5.70. The lowest BCUT2D eigenvalue weighted by atomic mass is 9.96. The van der Waals surface area contributed by atoms with Crippen molar-refractivity contribution >= 4 is 6.08 Å². The van der Waals surface area contributed by atoms with Gasteiger partial charge in [0.2, 0.25) is 0 Å². The second-order valence-electron chi connectivity index (χ2n) is 5.57. The van der Waals surface area contributed by atoms with Gasteiger partial charge < -0.3 is 5.32 Å². The molecule has 0 unspecified atom stereocenters. The molecule has 0 aromatic carbocycles. The molecule has 18 heavy (non-hydrogen) atoms. The van der Waals surface area contributed by atoms with Gasteiger partial charge in [0.05, 0.1) is 11.7 Å². The molecule has 98 valence electrons. The Kier molecular flexibility index (Phi) is 3.79. The predicted molar refractivity (Wildman–Crippen MR) is 74.4 cm³/mol. The van der Waals surface area contributed by atoms with E-state index in [4.69, 9.17) is 5.10 Å². The molecule has 1 aromatic heterocycles. The normalized spacial score (nSPS) is 22.1. The molecule has 0 radical (unpaired) electrons. The van der Waals surface area contributed by atoms with Gasteiger partial charge in [-0.2, -0.15) is 5.10 Å². The Hall–Kier alpha value is -1.09. The van der Waals surface area contributed by atoms with E-state index in [0.717, 1.165) is 18.8 Å². The zero-order valence-electron chi connectivity index (χ0n) is 11.1. The molecule has 0 atom stereocenters. The Bertz CT molecular complexity index is 405. The molecule has 0 amide bonds. The fourth-order valence-corrected chi connectivity index (χ4v) is 3.08. The Labute approximate surface area is 109 Å². The van der Waals surface area contributed by atoms with Crippen molar-refractivity contribution in [1.29, 1.82) is 0 Å². The number of rotatable bonds is 2. The first-order valence-electron chi connectivity index (χ1n) is 7.37. The fourth-order valence-electron chi connectivity index (χ4n) is 3.08. The van der Waals surface area contributed by atoms with E-state index in [-0.39, 0.29) is 0 Å². The van der Waals surface area contributed by atoms with Crippen LogP contribution in [0.25, 0.3) is 6.08 Å². The van der Waals surface area contributed by atoms with Crippen molar-refractivity contribution in [3.05, 3.63) is 23.5 Å². The van der Waals surface area contributed by atoms with Crippen LogP contribution in [0.4, 0.5) is 0 Å². The average molecular weight is 245 g/mol. The van der Waals surface area contributed by atoms with Crippen molar-refractivity contribution in [3.63, 3.8) is 0 Å².